The van der Waals surface area contributed by atoms with E-state index in [9.17, 15) is 4.39 Å². The molecule has 0 spiro atoms. The quantitative estimate of drug-likeness (QED) is 0.893. The summed E-state index contributed by atoms with van der Waals surface area (Å²) in [5.74, 6) is 0.444. The Morgan fingerprint density at radius 1 is 1.29 bits per heavy atom. The number of anilines is 1. The number of dihydropyridines is 1. The summed E-state index contributed by atoms with van der Waals surface area (Å²) in [5.41, 5.74) is 2.45. The number of hydrogen-bond donors (Lipinski definition) is 2. The van der Waals surface area contributed by atoms with Gasteiger partial charge in [0.1, 0.15) is 12.0 Å². The lowest BCUT2D eigenvalue weighted by molar-refractivity contribution is 0.460. The molecule has 1 aromatic carbocycles. The Balaban J connectivity index is 1.70. The Morgan fingerprint density at radius 3 is 2.86 bits per heavy atom. The number of benzene rings is 1. The highest BCUT2D eigenvalue weighted by Gasteiger charge is 2.19. The van der Waals surface area contributed by atoms with Crippen LogP contribution in [0.3, 0.4) is 0 Å². The molecule has 0 aliphatic carbocycles. The molecule has 2 aliphatic rings. The molecule has 3 rings (SSSR count). The minimum Gasteiger partial charge on any atom is -0.363 e. The Kier molecular flexibility index (Phi) is 4.34. The van der Waals surface area contributed by atoms with Crippen molar-refractivity contribution >= 4 is 11.9 Å². The third-order valence-electron chi connectivity index (χ3n) is 4.29. The molecule has 0 amide bonds. The minimum absolute atomic E-state index is 0.0533. The molecule has 2 aliphatic heterocycles. The number of rotatable bonds is 3. The van der Waals surface area contributed by atoms with Crippen molar-refractivity contribution in [3.8, 4) is 0 Å². The summed E-state index contributed by atoms with van der Waals surface area (Å²) in [6.07, 6.45) is 5.20. The summed E-state index contributed by atoms with van der Waals surface area (Å²) in [6.45, 7) is 4.16. The van der Waals surface area contributed by atoms with Crippen LogP contribution in [-0.4, -0.2) is 25.5 Å². The van der Waals surface area contributed by atoms with Crippen LogP contribution in [0.5, 0.6) is 0 Å². The van der Waals surface area contributed by atoms with Gasteiger partial charge in [0.15, 0.2) is 0 Å². The molecule has 1 fully saturated rings. The number of aliphatic imine (C=N–C) groups is 1. The standard InChI is InChI=1S/C17H22FN3/c1-12-9-15(18)11-20-17(12)21-16-4-2-3-14(10-16)13-5-7-19-8-6-13/h2-4,9-13,17,19,21H,5-8H2,1H3. The van der Waals surface area contributed by atoms with Gasteiger partial charge in [-0.2, -0.15) is 0 Å². The van der Waals surface area contributed by atoms with Gasteiger partial charge in [0.2, 0.25) is 0 Å². The van der Waals surface area contributed by atoms with Gasteiger partial charge in [-0.25, -0.2) is 4.39 Å². The van der Waals surface area contributed by atoms with Gasteiger partial charge in [-0.15, -0.1) is 0 Å². The van der Waals surface area contributed by atoms with Crippen LogP contribution in [-0.2, 0) is 0 Å². The molecule has 4 heteroatoms. The van der Waals surface area contributed by atoms with Crippen molar-refractivity contribution in [3.63, 3.8) is 0 Å². The maximum atomic E-state index is 13.1. The number of hydrogen-bond acceptors (Lipinski definition) is 3. The van der Waals surface area contributed by atoms with Crippen molar-refractivity contribution in [2.24, 2.45) is 10.9 Å². The topological polar surface area (TPSA) is 36.4 Å². The molecule has 1 saturated heterocycles. The Morgan fingerprint density at radius 2 is 2.10 bits per heavy atom. The molecule has 2 atom stereocenters. The summed E-state index contributed by atoms with van der Waals surface area (Å²) in [4.78, 5) is 4.24. The number of halogens is 1. The predicted molar refractivity (Wildman–Crippen MR) is 85.5 cm³/mol. The molecule has 2 heterocycles. The third kappa shape index (κ3) is 3.50. The second-order valence-corrected chi connectivity index (χ2v) is 5.93. The summed E-state index contributed by atoms with van der Waals surface area (Å²) in [7, 11) is 0. The zero-order chi connectivity index (χ0) is 14.7. The molecule has 0 saturated carbocycles. The molecule has 0 radical (unpaired) electrons. The van der Waals surface area contributed by atoms with Gasteiger partial charge in [-0.1, -0.05) is 19.1 Å². The fourth-order valence-corrected chi connectivity index (χ4v) is 3.05. The summed E-state index contributed by atoms with van der Waals surface area (Å²) in [5, 5.41) is 6.80. The molecule has 2 N–H and O–H groups in total. The fraction of sp³-hybridized carbons (Fsp3) is 0.471. The Hall–Kier alpha value is -1.68. The number of piperidine rings is 1. The highest BCUT2D eigenvalue weighted by molar-refractivity contribution is 5.77. The largest absolute Gasteiger partial charge is 0.363 e. The lowest BCUT2D eigenvalue weighted by Gasteiger charge is -2.25. The van der Waals surface area contributed by atoms with Crippen LogP contribution >= 0.6 is 0 Å². The van der Waals surface area contributed by atoms with Crippen LogP contribution in [0.4, 0.5) is 10.1 Å². The lowest BCUT2D eigenvalue weighted by atomic mass is 9.90. The third-order valence-corrected chi connectivity index (χ3v) is 4.29. The van der Waals surface area contributed by atoms with Crippen molar-refractivity contribution in [2.45, 2.75) is 31.8 Å². The monoisotopic (exact) mass is 287 g/mol. The van der Waals surface area contributed by atoms with E-state index >= 15 is 0 Å². The lowest BCUT2D eigenvalue weighted by Crippen LogP contribution is -2.27. The van der Waals surface area contributed by atoms with Crippen LogP contribution < -0.4 is 10.6 Å². The summed E-state index contributed by atoms with van der Waals surface area (Å²) in [6, 6.07) is 8.57. The first-order chi connectivity index (χ1) is 10.2. The van der Waals surface area contributed by atoms with E-state index in [2.05, 4.69) is 39.9 Å². The van der Waals surface area contributed by atoms with E-state index in [-0.39, 0.29) is 17.9 Å². The number of allylic oxidation sites excluding steroid dienone is 1. The van der Waals surface area contributed by atoms with Gasteiger partial charge < -0.3 is 10.6 Å². The average molecular weight is 287 g/mol. The molecular weight excluding hydrogens is 265 g/mol. The van der Waals surface area contributed by atoms with Crippen LogP contribution in [0.1, 0.15) is 31.2 Å². The molecule has 0 bridgehead atoms. The molecule has 21 heavy (non-hydrogen) atoms. The van der Waals surface area contributed by atoms with E-state index in [1.54, 1.807) is 6.08 Å². The van der Waals surface area contributed by atoms with Crippen LogP contribution in [0.15, 0.2) is 41.2 Å². The van der Waals surface area contributed by atoms with E-state index in [1.807, 2.05) is 6.92 Å². The molecule has 3 nitrogen and oxygen atoms in total. The second-order valence-electron chi connectivity index (χ2n) is 5.93. The molecule has 2 unspecified atom stereocenters. The first-order valence-electron chi connectivity index (χ1n) is 7.70. The molecular formula is C17H22FN3. The second kappa shape index (κ2) is 6.39. The van der Waals surface area contributed by atoms with Crippen LogP contribution in [0.2, 0.25) is 0 Å². The van der Waals surface area contributed by atoms with Crippen molar-refractivity contribution in [3.05, 3.63) is 41.7 Å². The minimum atomic E-state index is -0.246. The summed E-state index contributed by atoms with van der Waals surface area (Å²) >= 11 is 0. The average Bonchev–Trinajstić information content (AvgIpc) is 2.51. The number of nitrogens with one attached hydrogen (secondary N) is 2. The van der Waals surface area contributed by atoms with E-state index in [4.69, 9.17) is 0 Å². The van der Waals surface area contributed by atoms with Gasteiger partial charge in [0.25, 0.3) is 0 Å². The first-order valence-corrected chi connectivity index (χ1v) is 7.70. The van der Waals surface area contributed by atoms with Crippen LogP contribution in [0.25, 0.3) is 0 Å². The zero-order valence-corrected chi connectivity index (χ0v) is 12.3. The van der Waals surface area contributed by atoms with E-state index in [1.165, 1.54) is 24.6 Å². The van der Waals surface area contributed by atoms with Gasteiger partial charge in [0.05, 0.1) is 6.21 Å². The normalized spacial score (nSPS) is 26.5. The summed E-state index contributed by atoms with van der Waals surface area (Å²) < 4.78 is 13.1. The van der Waals surface area contributed by atoms with E-state index in [0.717, 1.165) is 18.8 Å². The zero-order valence-electron chi connectivity index (χ0n) is 12.3. The molecule has 1 aromatic rings. The predicted octanol–water partition coefficient (Wildman–Crippen LogP) is 3.47. The highest BCUT2D eigenvalue weighted by Crippen LogP contribution is 2.28. The van der Waals surface area contributed by atoms with Crippen molar-refractivity contribution in [1.29, 1.82) is 0 Å². The van der Waals surface area contributed by atoms with Crippen molar-refractivity contribution in [1.82, 2.24) is 5.32 Å². The first kappa shape index (κ1) is 14.3. The highest BCUT2D eigenvalue weighted by atomic mass is 19.1. The van der Waals surface area contributed by atoms with Gasteiger partial charge in [-0.05, 0) is 55.6 Å². The SMILES string of the molecule is CC1C=C(F)C=NC1Nc1cccc(C2CCNCC2)c1. The molecule has 112 valence electrons. The number of nitrogens with zero attached hydrogens (tertiary/aromatic N) is 1. The van der Waals surface area contributed by atoms with E-state index < -0.39 is 0 Å². The van der Waals surface area contributed by atoms with Crippen LogP contribution in [0, 0.1) is 5.92 Å². The van der Waals surface area contributed by atoms with Gasteiger partial charge in [0, 0.05) is 11.6 Å². The maximum absolute atomic E-state index is 13.1. The van der Waals surface area contributed by atoms with Crippen molar-refractivity contribution in [2.75, 3.05) is 18.4 Å². The van der Waals surface area contributed by atoms with Gasteiger partial charge in [-0.3, -0.25) is 4.99 Å². The van der Waals surface area contributed by atoms with E-state index in [0.29, 0.717) is 5.92 Å². The Labute approximate surface area is 125 Å². The smallest absolute Gasteiger partial charge is 0.137 e. The Bertz CT molecular complexity index is 547. The maximum Gasteiger partial charge on any atom is 0.137 e. The van der Waals surface area contributed by atoms with Gasteiger partial charge >= 0.3 is 0 Å². The fourth-order valence-electron chi connectivity index (χ4n) is 3.05. The van der Waals surface area contributed by atoms with Crippen molar-refractivity contribution < 1.29 is 4.39 Å². The molecule has 0 aromatic heterocycles.